The van der Waals surface area contributed by atoms with Gasteiger partial charge in [-0.25, -0.2) is 9.78 Å². The fraction of sp³-hybridized carbons (Fsp3) is 0.647. The number of hydrogen-bond donors (Lipinski definition) is 2. The molecule has 2 aliphatic heterocycles. The molecule has 1 aromatic rings. The van der Waals surface area contributed by atoms with Crippen LogP contribution in [-0.2, 0) is 16.0 Å². The van der Waals surface area contributed by atoms with Crippen molar-refractivity contribution in [1.82, 2.24) is 15.6 Å². The zero-order valence-corrected chi connectivity index (χ0v) is 14.2. The summed E-state index contributed by atoms with van der Waals surface area (Å²) in [5, 5.41) is 5.89. The predicted molar refractivity (Wildman–Crippen MR) is 91.1 cm³/mol. The number of rotatable bonds is 5. The van der Waals surface area contributed by atoms with Gasteiger partial charge in [0.1, 0.15) is 5.82 Å². The van der Waals surface area contributed by atoms with E-state index in [1.165, 1.54) is 0 Å². The molecule has 24 heavy (non-hydrogen) atoms. The average molecular weight is 334 g/mol. The highest BCUT2D eigenvalue weighted by atomic mass is 16.5. The van der Waals surface area contributed by atoms with Crippen molar-refractivity contribution in [2.24, 2.45) is 0 Å². The van der Waals surface area contributed by atoms with E-state index in [0.717, 1.165) is 43.9 Å². The van der Waals surface area contributed by atoms with Gasteiger partial charge in [0.25, 0.3) is 0 Å². The van der Waals surface area contributed by atoms with Gasteiger partial charge in [0, 0.05) is 38.0 Å². The van der Waals surface area contributed by atoms with Gasteiger partial charge in [0.15, 0.2) is 0 Å². The normalized spacial score (nSPS) is 22.2. The summed E-state index contributed by atoms with van der Waals surface area (Å²) < 4.78 is 11.0. The van der Waals surface area contributed by atoms with Crippen molar-refractivity contribution in [3.8, 4) is 0 Å². The molecule has 2 aliphatic rings. The quantitative estimate of drug-likeness (QED) is 0.848. The van der Waals surface area contributed by atoms with Crippen LogP contribution in [0.5, 0.6) is 0 Å². The van der Waals surface area contributed by atoms with Crippen molar-refractivity contribution >= 4 is 11.8 Å². The molecule has 7 nitrogen and oxygen atoms in total. The third kappa shape index (κ3) is 4.36. The van der Waals surface area contributed by atoms with E-state index in [-0.39, 0.29) is 18.2 Å². The molecule has 0 unspecified atom stereocenters. The Hall–Kier alpha value is -1.86. The summed E-state index contributed by atoms with van der Waals surface area (Å²) in [7, 11) is 0. The lowest BCUT2D eigenvalue weighted by molar-refractivity contribution is 0.0860. The van der Waals surface area contributed by atoms with Gasteiger partial charge in [-0.15, -0.1) is 0 Å². The summed E-state index contributed by atoms with van der Waals surface area (Å²) in [6.07, 6.45) is 3.98. The Morgan fingerprint density at radius 1 is 1.42 bits per heavy atom. The Balaban J connectivity index is 1.53. The minimum absolute atomic E-state index is 0.0140. The highest BCUT2D eigenvalue weighted by Crippen LogP contribution is 2.18. The van der Waals surface area contributed by atoms with Crippen molar-refractivity contribution in [3.63, 3.8) is 0 Å². The van der Waals surface area contributed by atoms with E-state index in [1.807, 2.05) is 19.1 Å². The standard InChI is InChI=1S/C17H26N4O3/c1-13(15-5-3-9-24-15)20-17(22)19-12-14-4-2-6-18-16(14)21-7-10-23-11-8-21/h2,4,6,13,15H,3,5,7-12H2,1H3,(H2,19,20,22)/t13-,15-/m1/s1. The second kappa shape index (κ2) is 8.30. The zero-order valence-electron chi connectivity index (χ0n) is 14.2. The van der Waals surface area contributed by atoms with E-state index in [1.54, 1.807) is 6.20 Å². The van der Waals surface area contributed by atoms with Crippen LogP contribution >= 0.6 is 0 Å². The van der Waals surface area contributed by atoms with E-state index < -0.39 is 0 Å². The van der Waals surface area contributed by atoms with E-state index in [0.29, 0.717) is 19.8 Å². The van der Waals surface area contributed by atoms with Crippen LogP contribution in [0.1, 0.15) is 25.3 Å². The molecule has 0 aromatic carbocycles. The Morgan fingerprint density at radius 2 is 2.25 bits per heavy atom. The van der Waals surface area contributed by atoms with Crippen LogP contribution in [0.25, 0.3) is 0 Å². The molecular formula is C17H26N4O3. The van der Waals surface area contributed by atoms with Crippen LogP contribution in [-0.4, -0.2) is 56.1 Å². The first-order valence-corrected chi connectivity index (χ1v) is 8.66. The van der Waals surface area contributed by atoms with Crippen molar-refractivity contribution < 1.29 is 14.3 Å². The molecule has 2 atom stereocenters. The van der Waals surface area contributed by atoms with E-state index in [9.17, 15) is 4.79 Å². The van der Waals surface area contributed by atoms with Gasteiger partial charge < -0.3 is 25.0 Å². The number of amides is 2. The number of urea groups is 1. The third-order valence-electron chi connectivity index (χ3n) is 4.50. The monoisotopic (exact) mass is 334 g/mol. The number of nitrogens with one attached hydrogen (secondary N) is 2. The van der Waals surface area contributed by atoms with Crippen LogP contribution in [0.4, 0.5) is 10.6 Å². The average Bonchev–Trinajstić information content (AvgIpc) is 3.16. The van der Waals surface area contributed by atoms with Gasteiger partial charge in [-0.2, -0.15) is 0 Å². The molecule has 2 saturated heterocycles. The van der Waals surface area contributed by atoms with Crippen LogP contribution in [0.15, 0.2) is 18.3 Å². The van der Waals surface area contributed by atoms with Gasteiger partial charge in [-0.05, 0) is 25.8 Å². The number of ether oxygens (including phenoxy) is 2. The number of anilines is 1. The zero-order chi connectivity index (χ0) is 16.8. The van der Waals surface area contributed by atoms with Gasteiger partial charge in [-0.3, -0.25) is 0 Å². The van der Waals surface area contributed by atoms with Crippen molar-refractivity contribution in [2.45, 2.75) is 38.5 Å². The summed E-state index contributed by atoms with van der Waals surface area (Å²) in [5.74, 6) is 0.924. The lowest BCUT2D eigenvalue weighted by atomic mass is 10.1. The summed E-state index contributed by atoms with van der Waals surface area (Å²) in [5.41, 5.74) is 1.01. The fourth-order valence-electron chi connectivity index (χ4n) is 3.15. The molecule has 3 rings (SSSR count). The van der Waals surface area contributed by atoms with E-state index in [2.05, 4.69) is 20.5 Å². The molecule has 2 amide bonds. The SMILES string of the molecule is C[C@@H](NC(=O)NCc1cccnc1N1CCOCC1)[C@H]1CCCO1. The Morgan fingerprint density at radius 3 is 3.00 bits per heavy atom. The molecule has 7 heteroatoms. The Labute approximate surface area is 142 Å². The van der Waals surface area contributed by atoms with Crippen molar-refractivity contribution in [3.05, 3.63) is 23.9 Å². The Bertz CT molecular complexity index is 542. The smallest absolute Gasteiger partial charge is 0.315 e. The van der Waals surface area contributed by atoms with E-state index >= 15 is 0 Å². The van der Waals surface area contributed by atoms with Crippen molar-refractivity contribution in [1.29, 1.82) is 0 Å². The molecule has 132 valence electrons. The molecule has 0 saturated carbocycles. The van der Waals surface area contributed by atoms with Crippen LogP contribution in [0.2, 0.25) is 0 Å². The second-order valence-corrected chi connectivity index (χ2v) is 6.25. The predicted octanol–water partition coefficient (Wildman–Crippen LogP) is 1.28. The lowest BCUT2D eigenvalue weighted by Gasteiger charge is -2.29. The number of aromatic nitrogens is 1. The summed E-state index contributed by atoms with van der Waals surface area (Å²) >= 11 is 0. The molecule has 0 aliphatic carbocycles. The Kier molecular flexibility index (Phi) is 5.87. The van der Waals surface area contributed by atoms with Crippen LogP contribution in [0, 0.1) is 0 Å². The fourth-order valence-corrected chi connectivity index (χ4v) is 3.15. The first-order valence-electron chi connectivity index (χ1n) is 8.66. The van der Waals surface area contributed by atoms with Gasteiger partial charge in [0.05, 0.1) is 25.4 Å². The molecule has 3 heterocycles. The first-order chi connectivity index (χ1) is 11.7. The second-order valence-electron chi connectivity index (χ2n) is 6.25. The lowest BCUT2D eigenvalue weighted by Crippen LogP contribution is -2.46. The minimum Gasteiger partial charge on any atom is -0.378 e. The molecule has 2 N–H and O–H groups in total. The molecule has 0 radical (unpaired) electrons. The maximum atomic E-state index is 12.1. The maximum Gasteiger partial charge on any atom is 0.315 e. The summed E-state index contributed by atoms with van der Waals surface area (Å²) in [6.45, 7) is 6.30. The number of pyridine rings is 1. The van der Waals surface area contributed by atoms with Crippen molar-refractivity contribution in [2.75, 3.05) is 37.8 Å². The van der Waals surface area contributed by atoms with E-state index in [4.69, 9.17) is 9.47 Å². The summed E-state index contributed by atoms with van der Waals surface area (Å²) in [6, 6.07) is 3.74. The topological polar surface area (TPSA) is 75.7 Å². The number of nitrogens with zero attached hydrogens (tertiary/aromatic N) is 2. The number of carbonyl (C=O) groups is 1. The van der Waals surface area contributed by atoms with Gasteiger partial charge in [0.2, 0.25) is 0 Å². The number of hydrogen-bond acceptors (Lipinski definition) is 5. The molecular weight excluding hydrogens is 308 g/mol. The minimum atomic E-state index is -0.171. The molecule has 2 fully saturated rings. The maximum absolute atomic E-state index is 12.1. The van der Waals surface area contributed by atoms with Crippen LogP contribution < -0.4 is 15.5 Å². The summed E-state index contributed by atoms with van der Waals surface area (Å²) in [4.78, 5) is 18.8. The third-order valence-corrected chi connectivity index (χ3v) is 4.50. The van der Waals surface area contributed by atoms with Crippen LogP contribution in [0.3, 0.4) is 0 Å². The molecule has 1 aromatic heterocycles. The number of morpholine rings is 1. The highest BCUT2D eigenvalue weighted by Gasteiger charge is 2.23. The number of carbonyl (C=O) groups excluding carboxylic acids is 1. The van der Waals surface area contributed by atoms with Gasteiger partial charge in [-0.1, -0.05) is 6.07 Å². The highest BCUT2D eigenvalue weighted by molar-refractivity contribution is 5.74. The molecule has 0 bridgehead atoms. The molecule has 0 spiro atoms. The van der Waals surface area contributed by atoms with Gasteiger partial charge >= 0.3 is 6.03 Å². The first kappa shape index (κ1) is 17.0. The largest absolute Gasteiger partial charge is 0.378 e.